The molecular weight excluding hydrogens is 468 g/mol. The number of hydrogen-bond donors (Lipinski definition) is 0. The number of Topliss-reactive ketones (excluding diaryl/α,β-unsaturated/α-hetero) is 1. The van der Waals surface area contributed by atoms with Crippen molar-refractivity contribution in [3.05, 3.63) is 131 Å². The fourth-order valence-electron chi connectivity index (χ4n) is 5.63. The van der Waals surface area contributed by atoms with Crippen LogP contribution in [0.4, 0.5) is 5.95 Å². The molecule has 0 saturated carbocycles. The van der Waals surface area contributed by atoms with Crippen LogP contribution in [0.25, 0.3) is 6.08 Å². The van der Waals surface area contributed by atoms with Gasteiger partial charge in [-0.3, -0.25) is 9.69 Å². The van der Waals surface area contributed by atoms with Gasteiger partial charge in [-0.15, -0.1) is 0 Å². The van der Waals surface area contributed by atoms with Crippen LogP contribution in [-0.2, 0) is 6.42 Å². The molecule has 1 saturated heterocycles. The molecule has 3 aromatic carbocycles. The van der Waals surface area contributed by atoms with Crippen LogP contribution in [0.3, 0.4) is 0 Å². The number of carbonyl (C=O) groups excluding carboxylic acids is 1. The predicted octanol–water partition coefficient (Wildman–Crippen LogP) is 5.85. The highest BCUT2D eigenvalue weighted by atomic mass is 16.1. The Morgan fingerprint density at radius 3 is 2.00 bits per heavy atom. The minimum atomic E-state index is 0.138. The zero-order chi connectivity index (χ0) is 25.7. The van der Waals surface area contributed by atoms with Crippen molar-refractivity contribution in [3.8, 4) is 0 Å². The highest BCUT2D eigenvalue weighted by Crippen LogP contribution is 2.31. The molecule has 1 fully saturated rings. The molecule has 38 heavy (non-hydrogen) atoms. The van der Waals surface area contributed by atoms with Gasteiger partial charge in [-0.25, -0.2) is 9.97 Å². The van der Waals surface area contributed by atoms with E-state index in [0.717, 1.165) is 49.8 Å². The summed E-state index contributed by atoms with van der Waals surface area (Å²) in [6.07, 6.45) is 7.30. The lowest BCUT2D eigenvalue weighted by molar-refractivity contribution is 0.0957. The fraction of sp³-hybridized carbons (Fsp3) is 0.242. The molecule has 1 unspecified atom stereocenters. The fourth-order valence-corrected chi connectivity index (χ4v) is 5.63. The number of nitrogens with zero attached hydrogens (tertiary/aromatic N) is 4. The summed E-state index contributed by atoms with van der Waals surface area (Å²) < 4.78 is 0. The number of ketones is 1. The summed E-state index contributed by atoms with van der Waals surface area (Å²) in [5, 5.41) is 0. The minimum absolute atomic E-state index is 0.138. The van der Waals surface area contributed by atoms with Crippen molar-refractivity contribution in [2.75, 3.05) is 31.1 Å². The van der Waals surface area contributed by atoms with Gasteiger partial charge in [0.2, 0.25) is 5.95 Å². The van der Waals surface area contributed by atoms with Crippen LogP contribution in [-0.4, -0.2) is 46.8 Å². The van der Waals surface area contributed by atoms with Crippen molar-refractivity contribution in [1.82, 2.24) is 14.9 Å². The molecule has 1 aliphatic carbocycles. The Hall–Kier alpha value is -4.09. The van der Waals surface area contributed by atoms with Crippen LogP contribution in [0.2, 0.25) is 0 Å². The largest absolute Gasteiger partial charge is 0.338 e. The van der Waals surface area contributed by atoms with E-state index in [4.69, 9.17) is 4.98 Å². The lowest BCUT2D eigenvalue weighted by Gasteiger charge is -2.40. The monoisotopic (exact) mass is 500 g/mol. The first-order valence-electron chi connectivity index (χ1n) is 13.5. The van der Waals surface area contributed by atoms with Gasteiger partial charge in [-0.1, -0.05) is 103 Å². The minimum Gasteiger partial charge on any atom is -0.338 e. The van der Waals surface area contributed by atoms with Crippen molar-refractivity contribution in [2.45, 2.75) is 18.9 Å². The summed E-state index contributed by atoms with van der Waals surface area (Å²) in [5.41, 5.74) is 5.33. The molecule has 2 heterocycles. The van der Waals surface area contributed by atoms with E-state index >= 15 is 0 Å². The smallest absolute Gasteiger partial charge is 0.225 e. The van der Waals surface area contributed by atoms with Crippen molar-refractivity contribution in [3.63, 3.8) is 0 Å². The highest BCUT2D eigenvalue weighted by Gasteiger charge is 2.29. The third-order valence-electron chi connectivity index (χ3n) is 7.61. The van der Waals surface area contributed by atoms with Gasteiger partial charge in [0.05, 0.1) is 17.3 Å². The van der Waals surface area contributed by atoms with E-state index in [9.17, 15) is 4.79 Å². The summed E-state index contributed by atoms with van der Waals surface area (Å²) in [6, 6.07) is 31.9. The Labute approximate surface area is 224 Å². The van der Waals surface area contributed by atoms with Crippen LogP contribution in [0, 0.1) is 5.92 Å². The Bertz CT molecular complexity index is 1360. The second kappa shape index (κ2) is 11.1. The van der Waals surface area contributed by atoms with Gasteiger partial charge < -0.3 is 4.90 Å². The Morgan fingerprint density at radius 1 is 0.763 bits per heavy atom. The molecule has 0 spiro atoms. The molecule has 5 nitrogen and oxygen atoms in total. The number of benzene rings is 3. The number of rotatable bonds is 6. The number of hydrogen-bond acceptors (Lipinski definition) is 5. The molecule has 4 aromatic rings. The van der Waals surface area contributed by atoms with E-state index < -0.39 is 0 Å². The molecule has 1 aromatic heterocycles. The second-order valence-corrected chi connectivity index (χ2v) is 10.1. The molecule has 0 bridgehead atoms. The van der Waals surface area contributed by atoms with Crippen molar-refractivity contribution < 1.29 is 4.79 Å². The lowest BCUT2D eigenvalue weighted by Crippen LogP contribution is -2.48. The van der Waals surface area contributed by atoms with Crippen molar-refractivity contribution in [1.29, 1.82) is 0 Å². The molecule has 2 aliphatic rings. The number of piperazine rings is 1. The van der Waals surface area contributed by atoms with Crippen LogP contribution in [0.1, 0.15) is 45.2 Å². The Morgan fingerprint density at radius 2 is 1.37 bits per heavy atom. The maximum absolute atomic E-state index is 12.8. The van der Waals surface area contributed by atoms with Crippen molar-refractivity contribution >= 4 is 17.8 Å². The van der Waals surface area contributed by atoms with Gasteiger partial charge in [0, 0.05) is 38.8 Å². The van der Waals surface area contributed by atoms with E-state index in [1.165, 1.54) is 11.1 Å². The second-order valence-electron chi connectivity index (χ2n) is 10.1. The SMILES string of the molecule is O=C1CC(C=Cc2ccccc2)Cc2nc(N3CCN(C(c4ccccc4)c4ccccc4)CC3)ncc21. The maximum atomic E-state index is 12.8. The Balaban J connectivity index is 1.16. The van der Waals surface area contributed by atoms with Gasteiger partial charge in [0.25, 0.3) is 0 Å². The van der Waals surface area contributed by atoms with E-state index in [1.807, 2.05) is 18.2 Å². The number of anilines is 1. The molecule has 0 radical (unpaired) electrons. The highest BCUT2D eigenvalue weighted by molar-refractivity contribution is 5.98. The molecule has 6 rings (SSSR count). The number of carbonyl (C=O) groups is 1. The number of allylic oxidation sites excluding steroid dienone is 1. The number of aromatic nitrogens is 2. The summed E-state index contributed by atoms with van der Waals surface area (Å²) in [4.78, 5) is 27.2. The summed E-state index contributed by atoms with van der Waals surface area (Å²) in [7, 11) is 0. The van der Waals surface area contributed by atoms with Crippen molar-refractivity contribution in [2.24, 2.45) is 5.92 Å². The third kappa shape index (κ3) is 5.29. The molecular formula is C33H32N4O. The molecule has 1 atom stereocenters. The zero-order valence-corrected chi connectivity index (χ0v) is 21.5. The first-order chi connectivity index (χ1) is 18.7. The average Bonchev–Trinajstić information content (AvgIpc) is 2.98. The molecule has 0 N–H and O–H groups in total. The predicted molar refractivity (Wildman–Crippen MR) is 152 cm³/mol. The summed E-state index contributed by atoms with van der Waals surface area (Å²) >= 11 is 0. The van der Waals surface area contributed by atoms with Crippen LogP contribution in [0.15, 0.2) is 103 Å². The standard InChI is InChI=1S/C33H32N4O/c38-31-23-26(17-16-25-10-4-1-5-11-25)22-30-29(31)24-34-33(35-30)37-20-18-36(19-21-37)32(27-12-6-2-7-13-27)28-14-8-3-9-15-28/h1-17,24,26,32H,18-23H2. The van der Waals surface area contributed by atoms with Crippen LogP contribution >= 0.6 is 0 Å². The quantitative estimate of drug-likeness (QED) is 0.333. The molecule has 1 aliphatic heterocycles. The number of fused-ring (bicyclic) bond motifs is 1. The van der Waals surface area contributed by atoms with E-state index in [0.29, 0.717) is 12.0 Å². The Kier molecular flexibility index (Phi) is 7.10. The van der Waals surface area contributed by atoms with Gasteiger partial charge in [-0.2, -0.15) is 0 Å². The normalized spacial score (nSPS) is 18.2. The van der Waals surface area contributed by atoms with E-state index in [1.54, 1.807) is 6.20 Å². The van der Waals surface area contributed by atoms with Gasteiger partial charge >= 0.3 is 0 Å². The van der Waals surface area contributed by atoms with Gasteiger partial charge in [0.1, 0.15) is 0 Å². The van der Waals surface area contributed by atoms with E-state index in [-0.39, 0.29) is 17.7 Å². The van der Waals surface area contributed by atoms with Crippen LogP contribution < -0.4 is 4.90 Å². The first-order valence-corrected chi connectivity index (χ1v) is 13.5. The topological polar surface area (TPSA) is 49.3 Å². The van der Waals surface area contributed by atoms with Gasteiger partial charge in [-0.05, 0) is 29.0 Å². The maximum Gasteiger partial charge on any atom is 0.225 e. The molecule has 190 valence electrons. The lowest BCUT2D eigenvalue weighted by atomic mass is 9.86. The average molecular weight is 501 g/mol. The molecule has 0 amide bonds. The molecule has 5 heteroatoms. The zero-order valence-electron chi connectivity index (χ0n) is 21.5. The van der Waals surface area contributed by atoms with Gasteiger partial charge in [0.15, 0.2) is 5.78 Å². The van der Waals surface area contributed by atoms with E-state index in [2.05, 4.69) is 99.7 Å². The summed E-state index contributed by atoms with van der Waals surface area (Å²) in [5.74, 6) is 1.03. The van der Waals surface area contributed by atoms with Crippen LogP contribution in [0.5, 0.6) is 0 Å². The third-order valence-corrected chi connectivity index (χ3v) is 7.61. The first kappa shape index (κ1) is 24.3. The summed E-state index contributed by atoms with van der Waals surface area (Å²) in [6.45, 7) is 3.52.